The van der Waals surface area contributed by atoms with Gasteiger partial charge in [0.25, 0.3) is 0 Å². The van der Waals surface area contributed by atoms with Gasteiger partial charge in [-0.3, -0.25) is 0 Å². The fourth-order valence-corrected chi connectivity index (χ4v) is 1.49. The lowest BCUT2D eigenvalue weighted by Gasteiger charge is -1.92. The Morgan fingerprint density at radius 2 is 2.50 bits per heavy atom. The van der Waals surface area contributed by atoms with Crippen LogP contribution in [0.1, 0.15) is 9.89 Å². The van der Waals surface area contributed by atoms with Gasteiger partial charge in [0.15, 0.2) is 0 Å². The van der Waals surface area contributed by atoms with Gasteiger partial charge in [-0.05, 0) is 11.4 Å². The maximum absolute atomic E-state index is 8.84. The molecule has 0 saturated carbocycles. The number of halogens is 1. The van der Waals surface area contributed by atoms with Crippen LogP contribution < -0.4 is 0 Å². The number of rotatable bonds is 1. The number of aliphatic hydroxyl groups is 1. The lowest BCUT2D eigenvalue weighted by Crippen LogP contribution is -1.77. The molecule has 0 saturated heterocycles. The molecule has 3 heteroatoms. The van der Waals surface area contributed by atoms with Crippen LogP contribution in [-0.4, -0.2) is 5.11 Å². The van der Waals surface area contributed by atoms with E-state index in [1.165, 1.54) is 11.3 Å². The van der Waals surface area contributed by atoms with Gasteiger partial charge >= 0.3 is 0 Å². The molecule has 0 radical (unpaired) electrons. The second-order valence-corrected chi connectivity index (χ2v) is 3.20. The first-order chi connectivity index (χ1) is 3.80. The summed E-state index contributed by atoms with van der Waals surface area (Å²) in [5, 5.41) is 10.3. The minimum atomic E-state index is -0.484. The fraction of sp³-hybridized carbons (Fsp3) is 0.200. The van der Waals surface area contributed by atoms with Gasteiger partial charge in [0.1, 0.15) is 5.01 Å². The van der Waals surface area contributed by atoms with Crippen LogP contribution in [0.15, 0.2) is 17.5 Å². The summed E-state index contributed by atoms with van der Waals surface area (Å²) in [4.78, 5) is 0.949. The highest BCUT2D eigenvalue weighted by atomic mass is 79.9. The lowest BCUT2D eigenvalue weighted by molar-refractivity contribution is 0.281. The van der Waals surface area contributed by atoms with Crippen LogP contribution in [-0.2, 0) is 0 Å². The standard InChI is InChI=1S/C5H5BrOS/c6-5(7)4-2-1-3-8-4/h1-3,5,7H. The van der Waals surface area contributed by atoms with Crippen LogP contribution in [0.2, 0.25) is 0 Å². The Morgan fingerprint density at radius 3 is 2.75 bits per heavy atom. The summed E-state index contributed by atoms with van der Waals surface area (Å²) in [6, 6.07) is 3.79. The quantitative estimate of drug-likeness (QED) is 0.677. The minimum absolute atomic E-state index is 0.484. The first-order valence-electron chi connectivity index (χ1n) is 2.16. The molecule has 0 spiro atoms. The van der Waals surface area contributed by atoms with Crippen molar-refractivity contribution < 1.29 is 5.11 Å². The molecule has 44 valence electrons. The topological polar surface area (TPSA) is 20.2 Å². The molecule has 1 atom stereocenters. The predicted molar refractivity (Wildman–Crippen MR) is 38.2 cm³/mol. The Labute approximate surface area is 60.1 Å². The lowest BCUT2D eigenvalue weighted by atomic mass is 10.5. The second kappa shape index (κ2) is 2.62. The molecule has 0 bridgehead atoms. The molecular formula is C5H5BrOS. The molecule has 1 rings (SSSR count). The maximum atomic E-state index is 8.84. The number of hydrogen-bond acceptors (Lipinski definition) is 2. The maximum Gasteiger partial charge on any atom is 0.143 e. The summed E-state index contributed by atoms with van der Waals surface area (Å²) in [6.45, 7) is 0. The molecule has 0 aliphatic carbocycles. The molecule has 0 fully saturated rings. The smallest absolute Gasteiger partial charge is 0.143 e. The average Bonchev–Trinajstić information content (AvgIpc) is 2.12. The SMILES string of the molecule is OC(Br)c1cccs1. The average molecular weight is 193 g/mol. The van der Waals surface area contributed by atoms with Crippen LogP contribution in [0.25, 0.3) is 0 Å². The van der Waals surface area contributed by atoms with Crippen molar-refractivity contribution in [3.05, 3.63) is 22.4 Å². The summed E-state index contributed by atoms with van der Waals surface area (Å²) in [5.74, 6) is 0. The molecule has 1 nitrogen and oxygen atoms in total. The molecule has 1 aromatic heterocycles. The zero-order valence-corrected chi connectivity index (χ0v) is 6.45. The van der Waals surface area contributed by atoms with Crippen LogP contribution in [0.5, 0.6) is 0 Å². The summed E-state index contributed by atoms with van der Waals surface area (Å²) in [6.07, 6.45) is 0. The zero-order valence-electron chi connectivity index (χ0n) is 4.04. The molecule has 1 heterocycles. The minimum Gasteiger partial charge on any atom is -0.376 e. The highest BCUT2D eigenvalue weighted by molar-refractivity contribution is 9.09. The molecule has 0 aliphatic heterocycles. The van der Waals surface area contributed by atoms with E-state index >= 15 is 0 Å². The molecule has 1 aromatic rings. The predicted octanol–water partition coefficient (Wildman–Crippen LogP) is 2.13. The summed E-state index contributed by atoms with van der Waals surface area (Å²) >= 11 is 4.56. The fourth-order valence-electron chi connectivity index (χ4n) is 0.427. The van der Waals surface area contributed by atoms with E-state index in [9.17, 15) is 0 Å². The van der Waals surface area contributed by atoms with Gasteiger partial charge in [-0.2, -0.15) is 0 Å². The Bertz CT molecular complexity index is 147. The summed E-state index contributed by atoms with van der Waals surface area (Å²) < 4.78 is 0. The molecule has 0 amide bonds. The van der Waals surface area contributed by atoms with E-state index in [0.29, 0.717) is 0 Å². The van der Waals surface area contributed by atoms with Gasteiger partial charge in [-0.15, -0.1) is 11.3 Å². The summed E-state index contributed by atoms with van der Waals surface area (Å²) in [5.41, 5.74) is 0. The first kappa shape index (κ1) is 6.26. The van der Waals surface area contributed by atoms with E-state index in [1.807, 2.05) is 17.5 Å². The van der Waals surface area contributed by atoms with Crippen molar-refractivity contribution in [3.8, 4) is 0 Å². The molecule has 8 heavy (non-hydrogen) atoms. The van der Waals surface area contributed by atoms with Crippen LogP contribution in [0.3, 0.4) is 0 Å². The van der Waals surface area contributed by atoms with Crippen molar-refractivity contribution in [3.63, 3.8) is 0 Å². The number of hydrogen-bond donors (Lipinski definition) is 1. The van der Waals surface area contributed by atoms with Gasteiger partial charge in [0.05, 0.1) is 0 Å². The van der Waals surface area contributed by atoms with E-state index in [4.69, 9.17) is 5.11 Å². The first-order valence-corrected chi connectivity index (χ1v) is 3.96. The Kier molecular flexibility index (Phi) is 2.05. The number of aliphatic hydroxyl groups excluding tert-OH is 1. The largest absolute Gasteiger partial charge is 0.376 e. The van der Waals surface area contributed by atoms with Crippen molar-refractivity contribution in [1.29, 1.82) is 0 Å². The molecule has 0 aromatic carbocycles. The van der Waals surface area contributed by atoms with Crippen molar-refractivity contribution in [1.82, 2.24) is 0 Å². The van der Waals surface area contributed by atoms with Gasteiger partial charge in [0, 0.05) is 4.88 Å². The number of thiophene rings is 1. The van der Waals surface area contributed by atoms with Crippen LogP contribution >= 0.6 is 27.3 Å². The third-order valence-corrected chi connectivity index (χ3v) is 2.50. The normalized spacial score (nSPS) is 13.8. The van der Waals surface area contributed by atoms with E-state index in [2.05, 4.69) is 15.9 Å². The van der Waals surface area contributed by atoms with Gasteiger partial charge in [-0.25, -0.2) is 0 Å². The highest BCUT2D eigenvalue weighted by Crippen LogP contribution is 2.22. The molecule has 1 unspecified atom stereocenters. The van der Waals surface area contributed by atoms with Crippen molar-refractivity contribution in [2.75, 3.05) is 0 Å². The third-order valence-electron chi connectivity index (χ3n) is 0.778. The highest BCUT2D eigenvalue weighted by Gasteiger charge is 1.99. The summed E-state index contributed by atoms with van der Waals surface area (Å²) in [7, 11) is 0. The third kappa shape index (κ3) is 1.31. The van der Waals surface area contributed by atoms with E-state index in [0.717, 1.165) is 4.88 Å². The van der Waals surface area contributed by atoms with E-state index in [1.54, 1.807) is 0 Å². The van der Waals surface area contributed by atoms with Crippen molar-refractivity contribution >= 4 is 27.3 Å². The van der Waals surface area contributed by atoms with Crippen molar-refractivity contribution in [2.45, 2.75) is 5.01 Å². The Hall–Kier alpha value is 0.140. The number of alkyl halides is 1. The van der Waals surface area contributed by atoms with Gasteiger partial charge in [-0.1, -0.05) is 22.0 Å². The van der Waals surface area contributed by atoms with Gasteiger partial charge in [0.2, 0.25) is 0 Å². The zero-order chi connectivity index (χ0) is 5.98. The molecule has 0 aliphatic rings. The van der Waals surface area contributed by atoms with E-state index in [-0.39, 0.29) is 0 Å². The molecule has 1 N–H and O–H groups in total. The van der Waals surface area contributed by atoms with Crippen molar-refractivity contribution in [2.24, 2.45) is 0 Å². The Balaban J connectivity index is 2.77. The van der Waals surface area contributed by atoms with Crippen LogP contribution in [0, 0.1) is 0 Å². The second-order valence-electron chi connectivity index (χ2n) is 1.35. The van der Waals surface area contributed by atoms with E-state index < -0.39 is 5.01 Å². The monoisotopic (exact) mass is 192 g/mol. The Morgan fingerprint density at radius 1 is 1.75 bits per heavy atom. The molecular weight excluding hydrogens is 188 g/mol. The van der Waals surface area contributed by atoms with Gasteiger partial charge < -0.3 is 5.11 Å². The van der Waals surface area contributed by atoms with Crippen LogP contribution in [0.4, 0.5) is 0 Å².